The molecule has 10 aromatic rings. The normalized spacial score (nSPS) is 14.9. The Hall–Kier alpha value is -8.01. The van der Waals surface area contributed by atoms with E-state index in [-0.39, 0.29) is 10.8 Å². The summed E-state index contributed by atoms with van der Waals surface area (Å²) in [7, 11) is 0. The monoisotopic (exact) mass is 845 g/mol. The minimum Gasteiger partial charge on any atom is -0.310 e. The van der Waals surface area contributed by atoms with E-state index in [2.05, 4.69) is 232 Å². The molecule has 0 amide bonds. The Balaban J connectivity index is 1.13. The topological polar surface area (TPSA) is 19.4 Å². The predicted octanol–water partition coefficient (Wildman–Crippen LogP) is 17.0. The lowest BCUT2D eigenvalue weighted by atomic mass is 9.73. The minimum absolute atomic E-state index is 0.160. The molecule has 66 heavy (non-hydrogen) atoms. The van der Waals surface area contributed by atoms with Gasteiger partial charge in [0.15, 0.2) is 0 Å². The standard InChI is InChI=1S/C63H47N3/c1-39-43-18-7-12-25-56(43)65(57-26-13-8-19-44(39)57)41-30-33-47-50(38-41)61(55-24-16-17-35-64-55)48-34-31-42(66-58-27-14-10-22-52(58)63(4,5)53-23-11-15-28-59(53)66)37-49(48)60(47)40-29-32-46-45-20-6-9-21-51(45)62(2,3)54(46)36-40/h6-38H,1H2,2-5H3. The Labute approximate surface area is 386 Å². The first-order valence-electron chi connectivity index (χ1n) is 23.1. The fourth-order valence-electron chi connectivity index (χ4n) is 11.8. The zero-order valence-corrected chi connectivity index (χ0v) is 37.6. The number of nitrogens with zero attached hydrogens (tertiary/aromatic N) is 3. The highest BCUT2D eigenvalue weighted by Crippen LogP contribution is 2.56. The van der Waals surface area contributed by atoms with Crippen LogP contribution in [0.1, 0.15) is 61.1 Å². The first-order chi connectivity index (χ1) is 32.2. The minimum atomic E-state index is -0.164. The molecule has 314 valence electrons. The lowest BCUT2D eigenvalue weighted by molar-refractivity contribution is 0.632. The van der Waals surface area contributed by atoms with E-state index in [0.717, 1.165) is 61.5 Å². The second kappa shape index (κ2) is 14.0. The van der Waals surface area contributed by atoms with Gasteiger partial charge in [-0.05, 0) is 138 Å². The zero-order valence-electron chi connectivity index (χ0n) is 37.6. The first kappa shape index (κ1) is 38.4. The molecule has 0 bridgehead atoms. The summed E-state index contributed by atoms with van der Waals surface area (Å²) in [5.41, 5.74) is 22.3. The van der Waals surface area contributed by atoms with Crippen LogP contribution in [0.5, 0.6) is 0 Å². The predicted molar refractivity (Wildman–Crippen MR) is 277 cm³/mol. The molecule has 1 aliphatic carbocycles. The van der Waals surface area contributed by atoms with Crippen LogP contribution in [0.3, 0.4) is 0 Å². The molecule has 0 unspecified atom stereocenters. The van der Waals surface area contributed by atoms with Gasteiger partial charge in [0.1, 0.15) is 0 Å². The van der Waals surface area contributed by atoms with Gasteiger partial charge in [-0.1, -0.05) is 162 Å². The second-order valence-corrected chi connectivity index (χ2v) is 19.2. The molecule has 0 atom stereocenters. The lowest BCUT2D eigenvalue weighted by Gasteiger charge is -2.42. The van der Waals surface area contributed by atoms with Gasteiger partial charge in [-0.2, -0.15) is 0 Å². The Kier molecular flexibility index (Phi) is 8.15. The number of rotatable bonds is 4. The van der Waals surface area contributed by atoms with E-state index in [1.807, 2.05) is 12.3 Å². The molecule has 0 saturated carbocycles. The van der Waals surface area contributed by atoms with E-state index < -0.39 is 0 Å². The Morgan fingerprint density at radius 2 is 0.848 bits per heavy atom. The number of pyridine rings is 1. The fraction of sp³-hybridized carbons (Fsp3) is 0.0952. The van der Waals surface area contributed by atoms with Crippen molar-refractivity contribution in [2.45, 2.75) is 38.5 Å². The van der Waals surface area contributed by atoms with Crippen LogP contribution >= 0.6 is 0 Å². The molecule has 3 heterocycles. The van der Waals surface area contributed by atoms with E-state index >= 15 is 0 Å². The van der Waals surface area contributed by atoms with Gasteiger partial charge >= 0.3 is 0 Å². The van der Waals surface area contributed by atoms with Crippen molar-refractivity contribution in [1.29, 1.82) is 0 Å². The van der Waals surface area contributed by atoms with Crippen molar-refractivity contribution >= 4 is 61.2 Å². The highest BCUT2D eigenvalue weighted by atomic mass is 15.2. The largest absolute Gasteiger partial charge is 0.310 e. The molecule has 13 rings (SSSR count). The molecule has 3 nitrogen and oxygen atoms in total. The number of benzene rings is 9. The van der Waals surface area contributed by atoms with Crippen molar-refractivity contribution < 1.29 is 0 Å². The van der Waals surface area contributed by atoms with Gasteiger partial charge < -0.3 is 9.80 Å². The van der Waals surface area contributed by atoms with Gasteiger partial charge in [-0.3, -0.25) is 4.98 Å². The van der Waals surface area contributed by atoms with Crippen molar-refractivity contribution in [1.82, 2.24) is 4.98 Å². The van der Waals surface area contributed by atoms with Crippen LogP contribution < -0.4 is 9.80 Å². The van der Waals surface area contributed by atoms with Crippen molar-refractivity contribution in [3.05, 3.63) is 240 Å². The first-order valence-corrected chi connectivity index (χ1v) is 23.1. The SMILES string of the molecule is C=C1c2ccccc2N(c2ccc3c(-c4ccc5c(c4)C(C)(C)c4ccccc4-5)c4cc(N5c6ccccc6C(C)(C)c6ccccc65)ccc4c(-c4ccccn4)c3c2)c2ccccc21. The summed E-state index contributed by atoms with van der Waals surface area (Å²) in [6.45, 7) is 14.0. The van der Waals surface area contributed by atoms with Crippen molar-refractivity contribution in [3.8, 4) is 33.5 Å². The average molecular weight is 846 g/mol. The van der Waals surface area contributed by atoms with E-state index in [9.17, 15) is 0 Å². The number of fused-ring (bicyclic) bond motifs is 9. The van der Waals surface area contributed by atoms with Crippen LogP contribution in [0.25, 0.3) is 60.6 Å². The molecule has 0 radical (unpaired) electrons. The van der Waals surface area contributed by atoms with Crippen LogP contribution in [0, 0.1) is 0 Å². The van der Waals surface area contributed by atoms with E-state index in [1.165, 1.54) is 66.7 Å². The Bertz CT molecular complexity index is 3590. The van der Waals surface area contributed by atoms with Gasteiger partial charge in [0.05, 0.1) is 28.4 Å². The number of para-hydroxylation sites is 4. The molecule has 1 aromatic heterocycles. The van der Waals surface area contributed by atoms with Crippen molar-refractivity contribution in [3.63, 3.8) is 0 Å². The van der Waals surface area contributed by atoms with Crippen molar-refractivity contribution in [2.75, 3.05) is 9.80 Å². The molecule has 0 fully saturated rings. The molecule has 0 spiro atoms. The number of anilines is 6. The third-order valence-corrected chi connectivity index (χ3v) is 15.0. The zero-order chi connectivity index (χ0) is 44.5. The van der Waals surface area contributed by atoms with Crippen LogP contribution in [-0.2, 0) is 10.8 Å². The smallest absolute Gasteiger partial charge is 0.0714 e. The molecular formula is C63H47N3. The molecular weight excluding hydrogens is 799 g/mol. The summed E-state index contributed by atoms with van der Waals surface area (Å²) in [5.74, 6) is 0. The summed E-state index contributed by atoms with van der Waals surface area (Å²) < 4.78 is 0. The van der Waals surface area contributed by atoms with Crippen LogP contribution in [0.2, 0.25) is 0 Å². The highest BCUT2D eigenvalue weighted by Gasteiger charge is 2.38. The quantitative estimate of drug-likeness (QED) is 0.165. The average Bonchev–Trinajstić information content (AvgIpc) is 3.58. The van der Waals surface area contributed by atoms with Gasteiger partial charge in [-0.25, -0.2) is 0 Å². The molecule has 3 heteroatoms. The van der Waals surface area contributed by atoms with Gasteiger partial charge in [0, 0.05) is 45.1 Å². The lowest BCUT2D eigenvalue weighted by Crippen LogP contribution is -2.30. The highest BCUT2D eigenvalue weighted by molar-refractivity contribution is 6.22. The molecule has 9 aromatic carbocycles. The third-order valence-electron chi connectivity index (χ3n) is 15.0. The fourth-order valence-corrected chi connectivity index (χ4v) is 11.8. The maximum absolute atomic E-state index is 5.12. The summed E-state index contributed by atoms with van der Waals surface area (Å²) in [6, 6.07) is 71.8. The van der Waals surface area contributed by atoms with Gasteiger partial charge in [0.25, 0.3) is 0 Å². The Morgan fingerprint density at radius 3 is 1.45 bits per heavy atom. The second-order valence-electron chi connectivity index (χ2n) is 19.2. The number of aromatic nitrogens is 1. The van der Waals surface area contributed by atoms with E-state index in [0.29, 0.717) is 0 Å². The van der Waals surface area contributed by atoms with E-state index in [1.54, 1.807) is 0 Å². The molecule has 3 aliphatic rings. The molecule has 2 aliphatic heterocycles. The summed E-state index contributed by atoms with van der Waals surface area (Å²) in [6.07, 6.45) is 1.92. The third kappa shape index (κ3) is 5.34. The maximum atomic E-state index is 5.12. The summed E-state index contributed by atoms with van der Waals surface area (Å²) in [5, 5.41) is 4.68. The van der Waals surface area contributed by atoms with E-state index in [4.69, 9.17) is 4.98 Å². The summed E-state index contributed by atoms with van der Waals surface area (Å²) in [4.78, 5) is 10.0. The van der Waals surface area contributed by atoms with Crippen LogP contribution in [-0.4, -0.2) is 4.98 Å². The summed E-state index contributed by atoms with van der Waals surface area (Å²) >= 11 is 0. The van der Waals surface area contributed by atoms with Crippen molar-refractivity contribution in [2.24, 2.45) is 0 Å². The van der Waals surface area contributed by atoms with Crippen LogP contribution in [0.4, 0.5) is 34.1 Å². The number of hydrogen-bond acceptors (Lipinski definition) is 3. The van der Waals surface area contributed by atoms with Gasteiger partial charge in [0.2, 0.25) is 0 Å². The van der Waals surface area contributed by atoms with Crippen LogP contribution in [0.15, 0.2) is 207 Å². The maximum Gasteiger partial charge on any atom is 0.0714 e. The molecule has 0 N–H and O–H groups in total. The Morgan fingerprint density at radius 1 is 0.379 bits per heavy atom. The van der Waals surface area contributed by atoms with Gasteiger partial charge in [-0.15, -0.1) is 0 Å². The molecule has 0 saturated heterocycles. The number of hydrogen-bond donors (Lipinski definition) is 0.